The maximum atomic E-state index is 11.7. The number of carbonyl (C=O) groups is 1. The van der Waals surface area contributed by atoms with Crippen LogP contribution < -0.4 is 5.32 Å². The number of sulfone groups is 1. The second kappa shape index (κ2) is 6.02. The predicted octanol–water partition coefficient (Wildman–Crippen LogP) is 1.25. The molecule has 1 aromatic carbocycles. The van der Waals surface area contributed by atoms with E-state index >= 15 is 0 Å². The largest absolute Gasteiger partial charge is 0.352 e. The van der Waals surface area contributed by atoms with Crippen molar-refractivity contribution >= 4 is 21.8 Å². The van der Waals surface area contributed by atoms with Crippen molar-refractivity contribution < 1.29 is 13.2 Å². The fourth-order valence-corrected chi connectivity index (χ4v) is 3.81. The van der Waals surface area contributed by atoms with E-state index in [-0.39, 0.29) is 23.3 Å². The van der Waals surface area contributed by atoms with Gasteiger partial charge in [0.1, 0.15) is 0 Å². The minimum Gasteiger partial charge on any atom is -0.352 e. The monoisotopic (exact) mass is 279 g/mol. The standard InChI is InChI=1S/C14H17NO3S/c16-14(13-8-10-19(17,18)11-13)15-9-4-7-12-5-2-1-3-6-12/h1-7,13H,8-11H2,(H,15,16)/b7-4+/t13-/m0/s1. The van der Waals surface area contributed by atoms with Crippen molar-refractivity contribution in [3.63, 3.8) is 0 Å². The first-order valence-electron chi connectivity index (χ1n) is 6.26. The first-order valence-corrected chi connectivity index (χ1v) is 8.09. The molecule has 1 saturated heterocycles. The molecule has 1 fully saturated rings. The predicted molar refractivity (Wildman–Crippen MR) is 75.2 cm³/mol. The van der Waals surface area contributed by atoms with E-state index in [0.717, 1.165) is 5.56 Å². The van der Waals surface area contributed by atoms with E-state index < -0.39 is 9.84 Å². The van der Waals surface area contributed by atoms with Crippen LogP contribution in [0.2, 0.25) is 0 Å². The molecule has 102 valence electrons. The van der Waals surface area contributed by atoms with Gasteiger partial charge >= 0.3 is 0 Å². The van der Waals surface area contributed by atoms with Crippen molar-refractivity contribution in [2.45, 2.75) is 6.42 Å². The fraction of sp³-hybridized carbons (Fsp3) is 0.357. The summed E-state index contributed by atoms with van der Waals surface area (Å²) in [6.07, 6.45) is 4.22. The molecule has 1 aromatic rings. The zero-order valence-corrected chi connectivity index (χ0v) is 11.4. The summed E-state index contributed by atoms with van der Waals surface area (Å²) in [5.74, 6) is -0.430. The summed E-state index contributed by atoms with van der Waals surface area (Å²) in [6, 6.07) is 9.78. The van der Waals surface area contributed by atoms with Gasteiger partial charge in [0, 0.05) is 6.54 Å². The van der Waals surface area contributed by atoms with Gasteiger partial charge in [-0.25, -0.2) is 8.42 Å². The second-order valence-corrected chi connectivity index (χ2v) is 6.89. The molecule has 1 heterocycles. The molecular formula is C14H17NO3S. The topological polar surface area (TPSA) is 63.2 Å². The Hall–Kier alpha value is -1.62. The number of benzene rings is 1. The van der Waals surface area contributed by atoms with Gasteiger partial charge in [0.05, 0.1) is 17.4 Å². The quantitative estimate of drug-likeness (QED) is 0.902. The normalized spacial score (nSPS) is 21.6. The molecule has 0 radical (unpaired) electrons. The molecule has 0 spiro atoms. The fourth-order valence-electron chi connectivity index (χ4n) is 2.06. The van der Waals surface area contributed by atoms with Crippen LogP contribution in [0.4, 0.5) is 0 Å². The van der Waals surface area contributed by atoms with Gasteiger partial charge in [0.2, 0.25) is 5.91 Å². The Labute approximate surface area is 113 Å². The minimum atomic E-state index is -2.99. The van der Waals surface area contributed by atoms with Crippen molar-refractivity contribution in [3.05, 3.63) is 42.0 Å². The van der Waals surface area contributed by atoms with Gasteiger partial charge in [-0.05, 0) is 12.0 Å². The molecule has 2 rings (SSSR count). The first kappa shape index (κ1) is 13.8. The summed E-state index contributed by atoms with van der Waals surface area (Å²) in [6.45, 7) is 0.421. The number of nitrogens with one attached hydrogen (secondary N) is 1. The number of hydrogen-bond donors (Lipinski definition) is 1. The second-order valence-electron chi connectivity index (χ2n) is 4.66. The van der Waals surface area contributed by atoms with Crippen LogP contribution in [0.3, 0.4) is 0 Å². The number of rotatable bonds is 4. The van der Waals surface area contributed by atoms with E-state index in [1.165, 1.54) is 0 Å². The number of amides is 1. The Morgan fingerprint density at radius 3 is 2.68 bits per heavy atom. The van der Waals surface area contributed by atoms with Crippen molar-refractivity contribution in [3.8, 4) is 0 Å². The van der Waals surface area contributed by atoms with Gasteiger partial charge in [-0.15, -0.1) is 0 Å². The van der Waals surface area contributed by atoms with E-state index in [2.05, 4.69) is 5.32 Å². The molecule has 0 bridgehead atoms. The van der Waals surface area contributed by atoms with E-state index in [1.807, 2.05) is 42.5 Å². The third-order valence-corrected chi connectivity index (χ3v) is 4.88. The highest BCUT2D eigenvalue weighted by molar-refractivity contribution is 7.91. The lowest BCUT2D eigenvalue weighted by molar-refractivity contribution is -0.124. The van der Waals surface area contributed by atoms with Crippen molar-refractivity contribution in [1.82, 2.24) is 5.32 Å². The molecule has 1 N–H and O–H groups in total. The SMILES string of the molecule is O=C(NC/C=C/c1ccccc1)[C@H]1CCS(=O)(=O)C1. The molecular weight excluding hydrogens is 262 g/mol. The molecule has 0 aliphatic carbocycles. The smallest absolute Gasteiger partial charge is 0.224 e. The molecule has 1 atom stereocenters. The van der Waals surface area contributed by atoms with Crippen LogP contribution in [0.1, 0.15) is 12.0 Å². The van der Waals surface area contributed by atoms with Crippen LogP contribution in [-0.4, -0.2) is 32.4 Å². The van der Waals surface area contributed by atoms with Gasteiger partial charge < -0.3 is 5.32 Å². The summed E-state index contributed by atoms with van der Waals surface area (Å²) in [5, 5.41) is 2.74. The van der Waals surface area contributed by atoms with Crippen LogP contribution in [-0.2, 0) is 14.6 Å². The lowest BCUT2D eigenvalue weighted by atomic mass is 10.1. The summed E-state index contributed by atoms with van der Waals surface area (Å²) in [4.78, 5) is 11.7. The lowest BCUT2D eigenvalue weighted by Gasteiger charge is -2.06. The molecule has 0 saturated carbocycles. The Bertz CT molecular complexity index is 564. The molecule has 1 aliphatic rings. The Morgan fingerprint density at radius 2 is 2.05 bits per heavy atom. The van der Waals surface area contributed by atoms with Gasteiger partial charge in [0.25, 0.3) is 0 Å². The zero-order valence-electron chi connectivity index (χ0n) is 10.6. The van der Waals surface area contributed by atoms with Crippen LogP contribution in [0, 0.1) is 5.92 Å². The van der Waals surface area contributed by atoms with Crippen LogP contribution in [0.25, 0.3) is 6.08 Å². The van der Waals surface area contributed by atoms with E-state index in [4.69, 9.17) is 0 Å². The first-order chi connectivity index (χ1) is 9.07. The highest BCUT2D eigenvalue weighted by atomic mass is 32.2. The lowest BCUT2D eigenvalue weighted by Crippen LogP contribution is -2.31. The van der Waals surface area contributed by atoms with Crippen LogP contribution in [0.15, 0.2) is 36.4 Å². The summed E-state index contributed by atoms with van der Waals surface area (Å²) in [5.41, 5.74) is 1.07. The van der Waals surface area contributed by atoms with E-state index in [0.29, 0.717) is 13.0 Å². The average molecular weight is 279 g/mol. The molecule has 1 amide bonds. The third-order valence-electron chi connectivity index (χ3n) is 3.11. The Morgan fingerprint density at radius 1 is 1.32 bits per heavy atom. The van der Waals surface area contributed by atoms with E-state index in [9.17, 15) is 13.2 Å². The van der Waals surface area contributed by atoms with Gasteiger partial charge in [0.15, 0.2) is 9.84 Å². The average Bonchev–Trinajstić information content (AvgIpc) is 2.76. The van der Waals surface area contributed by atoms with Crippen molar-refractivity contribution in [2.75, 3.05) is 18.1 Å². The van der Waals surface area contributed by atoms with Crippen LogP contribution in [0.5, 0.6) is 0 Å². The number of carbonyl (C=O) groups excluding carboxylic acids is 1. The summed E-state index contributed by atoms with van der Waals surface area (Å²) < 4.78 is 22.5. The maximum absolute atomic E-state index is 11.7. The molecule has 19 heavy (non-hydrogen) atoms. The van der Waals surface area contributed by atoms with Gasteiger partial charge in [-0.2, -0.15) is 0 Å². The highest BCUT2D eigenvalue weighted by Gasteiger charge is 2.32. The third kappa shape index (κ3) is 4.21. The minimum absolute atomic E-state index is 0.0127. The van der Waals surface area contributed by atoms with Gasteiger partial charge in [-0.3, -0.25) is 4.79 Å². The molecule has 0 unspecified atom stereocenters. The van der Waals surface area contributed by atoms with Gasteiger partial charge in [-0.1, -0.05) is 42.5 Å². The summed E-state index contributed by atoms with van der Waals surface area (Å²) in [7, 11) is -2.99. The Balaban J connectivity index is 1.77. The molecule has 4 nitrogen and oxygen atoms in total. The summed E-state index contributed by atoms with van der Waals surface area (Å²) >= 11 is 0. The number of hydrogen-bond acceptors (Lipinski definition) is 3. The van der Waals surface area contributed by atoms with Crippen molar-refractivity contribution in [2.24, 2.45) is 5.92 Å². The zero-order chi connectivity index (χ0) is 13.7. The van der Waals surface area contributed by atoms with Crippen molar-refractivity contribution in [1.29, 1.82) is 0 Å². The molecule has 0 aromatic heterocycles. The van der Waals surface area contributed by atoms with E-state index in [1.54, 1.807) is 0 Å². The highest BCUT2D eigenvalue weighted by Crippen LogP contribution is 2.18. The molecule has 5 heteroatoms. The maximum Gasteiger partial charge on any atom is 0.224 e. The van der Waals surface area contributed by atoms with Crippen LogP contribution >= 0.6 is 0 Å². The Kier molecular flexibility index (Phi) is 4.37. The molecule has 1 aliphatic heterocycles.